The van der Waals surface area contributed by atoms with E-state index >= 15 is 0 Å². The van der Waals surface area contributed by atoms with Gasteiger partial charge >= 0.3 is 0 Å². The van der Waals surface area contributed by atoms with Crippen molar-refractivity contribution in [3.8, 4) is 17.4 Å². The number of fused-ring (bicyclic) bond motifs is 2. The molecule has 2 aromatic carbocycles. The lowest BCUT2D eigenvalue weighted by Gasteiger charge is -2.21. The zero-order valence-electron chi connectivity index (χ0n) is 19.6. The molecule has 0 saturated carbocycles. The lowest BCUT2D eigenvalue weighted by molar-refractivity contribution is -0.125. The number of para-hydroxylation sites is 1. The Kier molecular flexibility index (Phi) is 6.96. The molecule has 8 nitrogen and oxygen atoms in total. The number of amides is 2. The number of nitrogens with zero attached hydrogens (tertiary/aromatic N) is 3. The minimum Gasteiger partial charge on any atom is -0.493 e. The number of hydrogen-bond acceptors (Lipinski definition) is 6. The second-order valence-corrected chi connectivity index (χ2v) is 8.20. The van der Waals surface area contributed by atoms with Crippen LogP contribution in [-0.4, -0.2) is 38.0 Å². The van der Waals surface area contributed by atoms with E-state index in [2.05, 4.69) is 10.3 Å². The summed E-state index contributed by atoms with van der Waals surface area (Å²) in [6.45, 7) is 0.710. The zero-order chi connectivity index (χ0) is 24.1. The molecule has 0 bridgehead atoms. The van der Waals surface area contributed by atoms with E-state index in [-0.39, 0.29) is 24.7 Å². The van der Waals surface area contributed by atoms with Crippen molar-refractivity contribution in [2.75, 3.05) is 31.0 Å². The predicted molar refractivity (Wildman–Crippen MR) is 130 cm³/mol. The Morgan fingerprint density at radius 1 is 1.09 bits per heavy atom. The molecule has 8 heteroatoms. The smallest absolute Gasteiger partial charge is 0.243 e. The Balaban J connectivity index is 1.41. The zero-order valence-corrected chi connectivity index (χ0v) is 19.6. The number of benzene rings is 2. The summed E-state index contributed by atoms with van der Waals surface area (Å²) < 4.78 is 11.5. The summed E-state index contributed by atoms with van der Waals surface area (Å²) >= 11 is 0. The molecule has 2 amide bonds. The lowest BCUT2D eigenvalue weighted by Crippen LogP contribution is -2.31. The molecule has 4 rings (SSSR count). The average molecular weight is 461 g/mol. The van der Waals surface area contributed by atoms with Crippen LogP contribution in [0.25, 0.3) is 0 Å². The lowest BCUT2D eigenvalue weighted by atomic mass is 10.1. The molecule has 0 aliphatic carbocycles. The van der Waals surface area contributed by atoms with Gasteiger partial charge in [-0.1, -0.05) is 24.3 Å². The fraction of sp³-hybridized carbons (Fsp3) is 0.269. The van der Waals surface area contributed by atoms with E-state index in [1.807, 2.05) is 55.4 Å². The Labute approximate surface area is 199 Å². The fourth-order valence-corrected chi connectivity index (χ4v) is 3.76. The highest BCUT2D eigenvalue weighted by Crippen LogP contribution is 2.42. The molecular weight excluding hydrogens is 432 g/mol. The van der Waals surface area contributed by atoms with Crippen molar-refractivity contribution in [2.45, 2.75) is 25.9 Å². The highest BCUT2D eigenvalue weighted by Gasteiger charge is 2.28. The molecule has 0 spiro atoms. The van der Waals surface area contributed by atoms with Crippen molar-refractivity contribution in [1.82, 2.24) is 10.3 Å². The number of pyridine rings is 1. The van der Waals surface area contributed by atoms with E-state index in [9.17, 15) is 9.59 Å². The summed E-state index contributed by atoms with van der Waals surface area (Å²) in [6, 6.07) is 17.1. The summed E-state index contributed by atoms with van der Waals surface area (Å²) in [5.74, 6) is 1.08. The second-order valence-electron chi connectivity index (χ2n) is 8.20. The van der Waals surface area contributed by atoms with Gasteiger partial charge in [0.1, 0.15) is 5.69 Å². The van der Waals surface area contributed by atoms with Gasteiger partial charge in [0.05, 0.1) is 13.7 Å². The van der Waals surface area contributed by atoms with Crippen LogP contribution in [0.3, 0.4) is 0 Å². The quantitative estimate of drug-likeness (QED) is 0.576. The van der Waals surface area contributed by atoms with Gasteiger partial charge in [0, 0.05) is 50.9 Å². The molecular formula is C26H28N4O4. The molecule has 176 valence electrons. The molecule has 0 atom stereocenters. The third-order valence-electron chi connectivity index (χ3n) is 5.66. The van der Waals surface area contributed by atoms with Crippen molar-refractivity contribution in [2.24, 2.45) is 0 Å². The van der Waals surface area contributed by atoms with Gasteiger partial charge in [-0.15, -0.1) is 0 Å². The van der Waals surface area contributed by atoms with Crippen molar-refractivity contribution in [3.63, 3.8) is 0 Å². The van der Waals surface area contributed by atoms with Crippen LogP contribution in [0.5, 0.6) is 17.4 Å². The molecule has 1 aliphatic rings. The summed E-state index contributed by atoms with van der Waals surface area (Å²) in [5, 5.41) is 2.89. The molecule has 0 fully saturated rings. The van der Waals surface area contributed by atoms with E-state index in [0.29, 0.717) is 36.2 Å². The number of hydrogen-bond donors (Lipinski definition) is 1. The summed E-state index contributed by atoms with van der Waals surface area (Å²) in [4.78, 5) is 33.6. The molecule has 0 saturated heterocycles. The molecule has 1 aliphatic heterocycles. The highest BCUT2D eigenvalue weighted by molar-refractivity contribution is 5.96. The van der Waals surface area contributed by atoms with Gasteiger partial charge in [-0.3, -0.25) is 9.59 Å². The normalized spacial score (nSPS) is 12.0. The first kappa shape index (κ1) is 23.1. The molecule has 1 N–H and O–H groups in total. The molecule has 34 heavy (non-hydrogen) atoms. The van der Waals surface area contributed by atoms with Crippen LogP contribution < -0.4 is 24.6 Å². The van der Waals surface area contributed by atoms with Crippen LogP contribution in [0.4, 0.5) is 11.4 Å². The molecule has 0 unspecified atom stereocenters. The number of nitrogens with one attached hydrogen (secondary N) is 1. The van der Waals surface area contributed by atoms with E-state index < -0.39 is 0 Å². The van der Waals surface area contributed by atoms with Gasteiger partial charge in [-0.05, 0) is 35.9 Å². The van der Waals surface area contributed by atoms with Crippen LogP contribution >= 0.6 is 0 Å². The van der Waals surface area contributed by atoms with Gasteiger partial charge in [0.25, 0.3) is 0 Å². The number of aromatic nitrogens is 1. The maximum atomic E-state index is 13.2. The maximum Gasteiger partial charge on any atom is 0.243 e. The molecule has 1 aromatic heterocycles. The number of ether oxygens (including phenoxy) is 2. The van der Waals surface area contributed by atoms with Crippen LogP contribution in [-0.2, 0) is 22.7 Å². The number of carbonyl (C=O) groups is 2. The average Bonchev–Trinajstić information content (AvgIpc) is 3.03. The minimum atomic E-state index is -0.181. The summed E-state index contributed by atoms with van der Waals surface area (Å²) in [5.41, 5.74) is 3.46. The van der Waals surface area contributed by atoms with Gasteiger partial charge in [0.2, 0.25) is 17.7 Å². The van der Waals surface area contributed by atoms with Crippen molar-refractivity contribution in [1.29, 1.82) is 0 Å². The molecule has 0 radical (unpaired) electrons. The SMILES string of the molecule is COc1cccc2c1Oc1ncccc1N(C(=O)CCC(=O)NCc1ccc(N(C)C)cc1)C2. The maximum absolute atomic E-state index is 13.2. The number of anilines is 2. The molecule has 3 aromatic rings. The number of rotatable bonds is 7. The van der Waals surface area contributed by atoms with E-state index in [1.54, 1.807) is 36.4 Å². The predicted octanol–water partition coefficient (Wildman–Crippen LogP) is 3.89. The van der Waals surface area contributed by atoms with Gasteiger partial charge in [-0.25, -0.2) is 4.98 Å². The largest absolute Gasteiger partial charge is 0.493 e. The van der Waals surface area contributed by atoms with Crippen molar-refractivity contribution in [3.05, 3.63) is 71.9 Å². The van der Waals surface area contributed by atoms with E-state index in [1.165, 1.54) is 0 Å². The first-order chi connectivity index (χ1) is 16.5. The van der Waals surface area contributed by atoms with Crippen LogP contribution in [0.1, 0.15) is 24.0 Å². The van der Waals surface area contributed by atoms with Gasteiger partial charge < -0.3 is 24.6 Å². The Morgan fingerprint density at radius 3 is 2.62 bits per heavy atom. The Morgan fingerprint density at radius 2 is 1.88 bits per heavy atom. The van der Waals surface area contributed by atoms with Crippen molar-refractivity contribution < 1.29 is 19.1 Å². The van der Waals surface area contributed by atoms with Crippen molar-refractivity contribution >= 4 is 23.2 Å². The minimum absolute atomic E-state index is 0.0685. The second kappa shape index (κ2) is 10.2. The Bertz CT molecular complexity index is 1180. The highest BCUT2D eigenvalue weighted by atomic mass is 16.5. The third-order valence-corrected chi connectivity index (χ3v) is 5.66. The third kappa shape index (κ3) is 5.11. The number of methoxy groups -OCH3 is 1. The summed E-state index contributed by atoms with van der Waals surface area (Å²) in [6.07, 6.45) is 1.77. The van der Waals surface area contributed by atoms with Crippen LogP contribution in [0.2, 0.25) is 0 Å². The summed E-state index contributed by atoms with van der Waals surface area (Å²) in [7, 11) is 5.53. The van der Waals surface area contributed by atoms with Crippen LogP contribution in [0, 0.1) is 0 Å². The first-order valence-corrected chi connectivity index (χ1v) is 11.1. The van der Waals surface area contributed by atoms with Gasteiger partial charge in [0.15, 0.2) is 11.5 Å². The van der Waals surface area contributed by atoms with E-state index in [0.717, 1.165) is 16.8 Å². The number of carbonyl (C=O) groups excluding carboxylic acids is 2. The molecule has 2 heterocycles. The van der Waals surface area contributed by atoms with Gasteiger partial charge in [-0.2, -0.15) is 0 Å². The topological polar surface area (TPSA) is 84.0 Å². The van der Waals surface area contributed by atoms with Crippen LogP contribution in [0.15, 0.2) is 60.8 Å². The van der Waals surface area contributed by atoms with E-state index in [4.69, 9.17) is 9.47 Å². The standard InChI is InChI=1S/C26H28N4O4/c1-29(2)20-11-9-18(10-12-20)16-28-23(31)13-14-24(32)30-17-19-6-4-8-22(33-3)25(19)34-26-21(30)7-5-15-27-26/h4-12,15H,13-14,16-17H2,1-3H3,(H,28,31). The first-order valence-electron chi connectivity index (χ1n) is 11.1. The Hall–Kier alpha value is -4.07. The monoisotopic (exact) mass is 460 g/mol. The fourth-order valence-electron chi connectivity index (χ4n) is 3.76.